The highest BCUT2D eigenvalue weighted by Gasteiger charge is 2.35. The maximum Gasteiger partial charge on any atom is 0.351 e. The van der Waals surface area contributed by atoms with Gasteiger partial charge in [-0.15, -0.1) is 0 Å². The van der Waals surface area contributed by atoms with Gasteiger partial charge in [-0.3, -0.25) is 0 Å². The first kappa shape index (κ1) is 14.9. The molecule has 0 saturated carbocycles. The number of halogens is 1. The Bertz CT molecular complexity index is 686. The van der Waals surface area contributed by atoms with E-state index in [2.05, 4.69) is 15.9 Å². The summed E-state index contributed by atoms with van der Waals surface area (Å²) < 4.78 is 17.7. The average Bonchev–Trinajstić information content (AvgIpc) is 2.52. The highest BCUT2D eigenvalue weighted by Crippen LogP contribution is 2.33. The van der Waals surface area contributed by atoms with E-state index in [1.54, 1.807) is 13.0 Å². The number of para-hydroxylation sites is 2. The van der Waals surface area contributed by atoms with E-state index in [0.29, 0.717) is 11.5 Å². The van der Waals surface area contributed by atoms with Gasteiger partial charge in [0.05, 0.1) is 0 Å². The molecule has 3 rings (SSSR count). The summed E-state index contributed by atoms with van der Waals surface area (Å²) in [5, 5.41) is 0. The van der Waals surface area contributed by atoms with E-state index >= 15 is 0 Å². The van der Waals surface area contributed by atoms with Crippen LogP contribution in [0.4, 0.5) is 0 Å². The van der Waals surface area contributed by atoms with Crippen molar-refractivity contribution in [2.45, 2.75) is 25.7 Å². The summed E-state index contributed by atoms with van der Waals surface area (Å²) in [6.45, 7) is 1.99. The fourth-order valence-electron chi connectivity index (χ4n) is 2.24. The Morgan fingerprint density at radius 1 is 1.14 bits per heavy atom. The van der Waals surface area contributed by atoms with Crippen molar-refractivity contribution in [1.29, 1.82) is 0 Å². The SMILES string of the molecule is CC1Oc2ccccc2OC1C(=O)OCc1cccc(Br)c1. The Morgan fingerprint density at radius 2 is 1.86 bits per heavy atom. The van der Waals surface area contributed by atoms with Crippen LogP contribution in [-0.2, 0) is 16.1 Å². The van der Waals surface area contributed by atoms with Gasteiger partial charge in [-0.1, -0.05) is 40.2 Å². The van der Waals surface area contributed by atoms with Gasteiger partial charge < -0.3 is 14.2 Å². The van der Waals surface area contributed by atoms with Crippen LogP contribution in [0.2, 0.25) is 0 Å². The van der Waals surface area contributed by atoms with Crippen LogP contribution in [0, 0.1) is 0 Å². The van der Waals surface area contributed by atoms with Crippen molar-refractivity contribution >= 4 is 21.9 Å². The maximum atomic E-state index is 12.2. The topological polar surface area (TPSA) is 44.8 Å². The highest BCUT2D eigenvalue weighted by molar-refractivity contribution is 9.10. The molecule has 1 heterocycles. The maximum absolute atomic E-state index is 12.2. The van der Waals surface area contributed by atoms with Crippen molar-refractivity contribution < 1.29 is 19.0 Å². The van der Waals surface area contributed by atoms with Crippen molar-refractivity contribution in [3.63, 3.8) is 0 Å². The third kappa shape index (κ3) is 3.25. The Kier molecular flexibility index (Phi) is 4.34. The lowest BCUT2D eigenvalue weighted by atomic mass is 10.2. The van der Waals surface area contributed by atoms with Crippen LogP contribution >= 0.6 is 15.9 Å². The predicted molar refractivity (Wildman–Crippen MR) is 84.9 cm³/mol. The molecule has 0 bridgehead atoms. The molecule has 5 heteroatoms. The quantitative estimate of drug-likeness (QED) is 0.780. The van der Waals surface area contributed by atoms with Crippen LogP contribution < -0.4 is 9.47 Å². The van der Waals surface area contributed by atoms with E-state index < -0.39 is 18.2 Å². The number of carbonyl (C=O) groups excluding carboxylic acids is 1. The fraction of sp³-hybridized carbons (Fsp3) is 0.235. The molecule has 0 amide bonds. The predicted octanol–water partition coefficient (Wildman–Crippen LogP) is 3.72. The van der Waals surface area contributed by atoms with Gasteiger partial charge in [0.1, 0.15) is 12.7 Å². The molecule has 1 aliphatic heterocycles. The number of esters is 1. The number of rotatable bonds is 3. The minimum absolute atomic E-state index is 0.201. The van der Waals surface area contributed by atoms with Crippen LogP contribution in [0.15, 0.2) is 53.0 Å². The Morgan fingerprint density at radius 3 is 2.59 bits per heavy atom. The van der Waals surface area contributed by atoms with E-state index in [9.17, 15) is 4.79 Å². The molecule has 0 saturated heterocycles. The van der Waals surface area contributed by atoms with Gasteiger partial charge in [0, 0.05) is 4.47 Å². The van der Waals surface area contributed by atoms with E-state index in [0.717, 1.165) is 10.0 Å². The zero-order valence-electron chi connectivity index (χ0n) is 12.0. The second-order valence-corrected chi connectivity index (χ2v) is 5.96. The molecule has 2 atom stereocenters. The summed E-state index contributed by atoms with van der Waals surface area (Å²) in [4.78, 5) is 12.2. The van der Waals surface area contributed by atoms with Gasteiger partial charge in [-0.05, 0) is 36.8 Å². The van der Waals surface area contributed by atoms with Crippen molar-refractivity contribution in [2.75, 3.05) is 0 Å². The zero-order valence-corrected chi connectivity index (χ0v) is 13.6. The number of fused-ring (bicyclic) bond motifs is 1. The normalized spacial score (nSPS) is 19.5. The lowest BCUT2D eigenvalue weighted by Crippen LogP contribution is -2.44. The molecule has 0 N–H and O–H groups in total. The van der Waals surface area contributed by atoms with Crippen LogP contribution in [0.3, 0.4) is 0 Å². The van der Waals surface area contributed by atoms with E-state index in [1.165, 1.54) is 0 Å². The van der Waals surface area contributed by atoms with Crippen molar-refractivity contribution in [1.82, 2.24) is 0 Å². The summed E-state index contributed by atoms with van der Waals surface area (Å²) in [6, 6.07) is 14.9. The standard InChI is InChI=1S/C17H15BrO4/c1-11-16(22-15-8-3-2-7-14(15)21-11)17(19)20-10-12-5-4-6-13(18)9-12/h2-9,11,16H,10H2,1H3. The Balaban J connectivity index is 1.65. The number of hydrogen-bond donors (Lipinski definition) is 0. The molecule has 0 radical (unpaired) electrons. The van der Waals surface area contributed by atoms with Gasteiger partial charge in [0.15, 0.2) is 11.5 Å². The summed E-state index contributed by atoms with van der Waals surface area (Å²) in [5.41, 5.74) is 0.910. The second-order valence-electron chi connectivity index (χ2n) is 5.05. The fourth-order valence-corrected chi connectivity index (χ4v) is 2.69. The molecule has 22 heavy (non-hydrogen) atoms. The van der Waals surface area contributed by atoms with Crippen LogP contribution in [0.1, 0.15) is 12.5 Å². The summed E-state index contributed by atoms with van der Waals surface area (Å²) in [7, 11) is 0. The van der Waals surface area contributed by atoms with Crippen molar-refractivity contribution in [3.05, 3.63) is 58.6 Å². The molecular weight excluding hydrogens is 348 g/mol. The second kappa shape index (κ2) is 6.40. The molecule has 114 valence electrons. The largest absolute Gasteiger partial charge is 0.482 e. The third-order valence-electron chi connectivity index (χ3n) is 3.34. The lowest BCUT2D eigenvalue weighted by Gasteiger charge is -2.30. The molecule has 0 fully saturated rings. The van der Waals surface area contributed by atoms with Gasteiger partial charge in [-0.2, -0.15) is 0 Å². The lowest BCUT2D eigenvalue weighted by molar-refractivity contribution is -0.159. The minimum Gasteiger partial charge on any atom is -0.482 e. The highest BCUT2D eigenvalue weighted by atomic mass is 79.9. The third-order valence-corrected chi connectivity index (χ3v) is 3.84. The zero-order chi connectivity index (χ0) is 15.5. The first-order chi connectivity index (χ1) is 10.6. The van der Waals surface area contributed by atoms with Crippen LogP contribution in [-0.4, -0.2) is 18.2 Å². The van der Waals surface area contributed by atoms with Crippen LogP contribution in [0.25, 0.3) is 0 Å². The van der Waals surface area contributed by atoms with Gasteiger partial charge in [0.2, 0.25) is 6.10 Å². The Labute approximate surface area is 137 Å². The van der Waals surface area contributed by atoms with E-state index in [1.807, 2.05) is 42.5 Å². The average molecular weight is 363 g/mol. The molecular formula is C17H15BrO4. The summed E-state index contributed by atoms with van der Waals surface area (Å²) in [5.74, 6) is 0.776. The van der Waals surface area contributed by atoms with Gasteiger partial charge in [0.25, 0.3) is 0 Å². The molecule has 2 aromatic carbocycles. The van der Waals surface area contributed by atoms with Gasteiger partial charge in [-0.25, -0.2) is 4.79 Å². The smallest absolute Gasteiger partial charge is 0.351 e. The number of benzene rings is 2. The number of carbonyl (C=O) groups is 1. The van der Waals surface area contributed by atoms with E-state index in [-0.39, 0.29) is 6.61 Å². The number of hydrogen-bond acceptors (Lipinski definition) is 4. The summed E-state index contributed by atoms with van der Waals surface area (Å²) in [6.07, 6.45) is -1.16. The van der Waals surface area contributed by atoms with Crippen LogP contribution in [0.5, 0.6) is 11.5 Å². The first-order valence-electron chi connectivity index (χ1n) is 6.97. The molecule has 4 nitrogen and oxygen atoms in total. The Hall–Kier alpha value is -2.01. The number of ether oxygens (including phenoxy) is 3. The first-order valence-corrected chi connectivity index (χ1v) is 7.76. The van der Waals surface area contributed by atoms with Gasteiger partial charge >= 0.3 is 5.97 Å². The molecule has 0 spiro atoms. The van der Waals surface area contributed by atoms with E-state index in [4.69, 9.17) is 14.2 Å². The summed E-state index contributed by atoms with van der Waals surface area (Å²) >= 11 is 3.39. The molecule has 2 unspecified atom stereocenters. The minimum atomic E-state index is -0.762. The van der Waals surface area contributed by atoms with Crippen molar-refractivity contribution in [3.8, 4) is 11.5 Å². The molecule has 0 aliphatic carbocycles. The molecule has 0 aromatic heterocycles. The molecule has 1 aliphatic rings. The molecule has 2 aromatic rings. The monoisotopic (exact) mass is 362 g/mol. The van der Waals surface area contributed by atoms with Crippen molar-refractivity contribution in [2.24, 2.45) is 0 Å².